The number of fused-ring (bicyclic) bond motifs is 1. The Hall–Kier alpha value is -2.08. The minimum atomic E-state index is -0.549. The fourth-order valence-corrected chi connectivity index (χ4v) is 1.23. The van der Waals surface area contributed by atoms with Crippen LogP contribution in [0.1, 0.15) is 0 Å². The molecule has 2 aromatic rings. The van der Waals surface area contributed by atoms with E-state index in [9.17, 15) is 9.59 Å². The summed E-state index contributed by atoms with van der Waals surface area (Å²) in [6, 6.07) is 4.51. The van der Waals surface area contributed by atoms with Crippen LogP contribution in [-0.2, 0) is 0 Å². The smallest absolute Gasteiger partial charge is 0.307 e. The van der Waals surface area contributed by atoms with Crippen molar-refractivity contribution in [1.82, 2.24) is 9.97 Å². The van der Waals surface area contributed by atoms with Gasteiger partial charge in [-0.25, -0.2) is 4.79 Å². The maximum atomic E-state index is 11.3. The molecule has 0 radical (unpaired) electrons. The van der Waals surface area contributed by atoms with Crippen LogP contribution in [0.5, 0.6) is 0 Å². The van der Waals surface area contributed by atoms with Crippen molar-refractivity contribution in [3.8, 4) is 0 Å². The summed E-state index contributed by atoms with van der Waals surface area (Å²) in [6.45, 7) is 0. The highest BCUT2D eigenvalue weighted by atomic mass is 16.5. The third-order valence-electron chi connectivity index (χ3n) is 1.87. The largest absolute Gasteiger partial charge is 0.326 e. The summed E-state index contributed by atoms with van der Waals surface area (Å²) in [6.07, 6.45) is 0. The molecule has 72 valence electrons. The first-order valence-electron chi connectivity index (χ1n) is 3.87. The van der Waals surface area contributed by atoms with Crippen LogP contribution in [0.15, 0.2) is 27.8 Å². The Morgan fingerprint density at radius 2 is 2.00 bits per heavy atom. The molecule has 0 aliphatic carbocycles. The quantitative estimate of drug-likeness (QED) is 0.480. The fraction of sp³-hybridized carbons (Fsp3) is 0. The summed E-state index contributed by atoms with van der Waals surface area (Å²) < 4.78 is 0. The van der Waals surface area contributed by atoms with Crippen molar-refractivity contribution in [3.05, 3.63) is 39.0 Å². The van der Waals surface area contributed by atoms with Gasteiger partial charge in [-0.15, -0.1) is 0 Å². The number of hydrogen-bond donors (Lipinski definition) is 4. The molecule has 1 aromatic carbocycles. The molecule has 2 rings (SSSR count). The van der Waals surface area contributed by atoms with E-state index in [-0.39, 0.29) is 0 Å². The molecule has 0 unspecified atom stereocenters. The molecule has 6 heteroatoms. The van der Waals surface area contributed by atoms with Crippen molar-refractivity contribution in [3.63, 3.8) is 0 Å². The molecule has 0 bridgehead atoms. The summed E-state index contributed by atoms with van der Waals surface area (Å²) >= 11 is 0. The van der Waals surface area contributed by atoms with Crippen LogP contribution in [0.4, 0.5) is 5.69 Å². The fourth-order valence-electron chi connectivity index (χ4n) is 1.23. The molecule has 6 nitrogen and oxygen atoms in total. The molecule has 0 spiro atoms. The van der Waals surface area contributed by atoms with Gasteiger partial charge in [0.2, 0.25) is 0 Å². The maximum absolute atomic E-state index is 11.3. The molecule has 0 aliphatic rings. The van der Waals surface area contributed by atoms with Gasteiger partial charge in [0.25, 0.3) is 5.56 Å². The lowest BCUT2D eigenvalue weighted by molar-refractivity contribution is 0.389. The van der Waals surface area contributed by atoms with E-state index in [0.29, 0.717) is 16.6 Å². The second-order valence-corrected chi connectivity index (χ2v) is 2.78. The normalized spacial score (nSPS) is 10.4. The van der Waals surface area contributed by atoms with Gasteiger partial charge in [-0.05, 0) is 18.2 Å². The van der Waals surface area contributed by atoms with E-state index in [4.69, 9.17) is 5.21 Å². The lowest BCUT2D eigenvalue weighted by atomic mass is 10.2. The summed E-state index contributed by atoms with van der Waals surface area (Å²) in [5, 5.41) is 8.92. The SMILES string of the molecule is O=c1[nH]c(=O)c2cc(NO)ccc2[nH]1. The second kappa shape index (κ2) is 3.00. The third kappa shape index (κ3) is 1.27. The van der Waals surface area contributed by atoms with E-state index < -0.39 is 11.2 Å². The molecular formula is C8H7N3O3. The first-order valence-corrected chi connectivity index (χ1v) is 3.87. The second-order valence-electron chi connectivity index (χ2n) is 2.78. The molecule has 0 saturated carbocycles. The molecule has 0 atom stereocenters. The number of H-pyrrole nitrogens is 2. The van der Waals surface area contributed by atoms with Crippen molar-refractivity contribution in [2.75, 3.05) is 5.48 Å². The van der Waals surface area contributed by atoms with Gasteiger partial charge in [0.15, 0.2) is 0 Å². The van der Waals surface area contributed by atoms with Crippen LogP contribution in [0.3, 0.4) is 0 Å². The number of rotatable bonds is 1. The average Bonchev–Trinajstić information content (AvgIpc) is 2.17. The van der Waals surface area contributed by atoms with E-state index >= 15 is 0 Å². The van der Waals surface area contributed by atoms with Crippen molar-refractivity contribution in [2.24, 2.45) is 0 Å². The van der Waals surface area contributed by atoms with Gasteiger partial charge in [-0.2, -0.15) is 0 Å². The molecule has 0 amide bonds. The topological polar surface area (TPSA) is 98.0 Å². The summed E-state index contributed by atoms with van der Waals surface area (Å²) in [7, 11) is 0. The number of nitrogens with one attached hydrogen (secondary N) is 3. The Kier molecular flexibility index (Phi) is 1.83. The van der Waals surface area contributed by atoms with Crippen LogP contribution >= 0.6 is 0 Å². The van der Waals surface area contributed by atoms with E-state index in [0.717, 1.165) is 0 Å². The first kappa shape index (κ1) is 8.52. The highest BCUT2D eigenvalue weighted by Crippen LogP contribution is 2.11. The molecule has 4 N–H and O–H groups in total. The standard InChI is InChI=1S/C8H7N3O3/c12-7-5-3-4(11-14)1-2-6(5)9-8(13)10-7/h1-3,11,14H,(H2,9,10,12,13). The maximum Gasteiger partial charge on any atom is 0.326 e. The third-order valence-corrected chi connectivity index (χ3v) is 1.87. The molecule has 0 saturated heterocycles. The Bertz CT molecular complexity index is 584. The minimum absolute atomic E-state index is 0.309. The van der Waals surface area contributed by atoms with Gasteiger partial charge in [-0.3, -0.25) is 20.5 Å². The molecule has 14 heavy (non-hydrogen) atoms. The van der Waals surface area contributed by atoms with Gasteiger partial charge in [0.05, 0.1) is 16.6 Å². The van der Waals surface area contributed by atoms with Gasteiger partial charge < -0.3 is 4.98 Å². The van der Waals surface area contributed by atoms with Crippen LogP contribution in [0, 0.1) is 0 Å². The molecule has 0 aliphatic heterocycles. The number of hydrogen-bond acceptors (Lipinski definition) is 4. The molecule has 0 fully saturated rings. The van der Waals surface area contributed by atoms with Crippen LogP contribution in [0.2, 0.25) is 0 Å². The zero-order valence-electron chi connectivity index (χ0n) is 7.00. The summed E-state index contributed by atoms with van der Waals surface area (Å²) in [4.78, 5) is 26.7. The zero-order valence-corrected chi connectivity index (χ0v) is 7.00. The van der Waals surface area contributed by atoms with Crippen LogP contribution < -0.4 is 16.7 Å². The van der Waals surface area contributed by atoms with Gasteiger partial charge in [-0.1, -0.05) is 0 Å². The number of anilines is 1. The molecular weight excluding hydrogens is 186 g/mol. The Balaban J connectivity index is 2.89. The van der Waals surface area contributed by atoms with Crippen molar-refractivity contribution >= 4 is 16.6 Å². The summed E-state index contributed by atoms with van der Waals surface area (Å²) in [5.74, 6) is 0. The minimum Gasteiger partial charge on any atom is -0.307 e. The lowest BCUT2D eigenvalue weighted by Gasteiger charge is -1.99. The molecule has 1 aromatic heterocycles. The highest BCUT2D eigenvalue weighted by Gasteiger charge is 2.00. The van der Waals surface area contributed by atoms with Crippen molar-refractivity contribution in [2.45, 2.75) is 0 Å². The number of aromatic nitrogens is 2. The van der Waals surface area contributed by atoms with E-state index in [1.165, 1.54) is 18.2 Å². The average molecular weight is 193 g/mol. The van der Waals surface area contributed by atoms with E-state index in [1.807, 2.05) is 5.48 Å². The lowest BCUT2D eigenvalue weighted by Crippen LogP contribution is -2.21. The monoisotopic (exact) mass is 193 g/mol. The van der Waals surface area contributed by atoms with Gasteiger partial charge in [0.1, 0.15) is 0 Å². The van der Waals surface area contributed by atoms with Crippen molar-refractivity contribution < 1.29 is 5.21 Å². The number of benzene rings is 1. The summed E-state index contributed by atoms with van der Waals surface area (Å²) in [5.41, 5.74) is 1.69. The van der Waals surface area contributed by atoms with E-state index in [1.54, 1.807) is 0 Å². The highest BCUT2D eigenvalue weighted by molar-refractivity contribution is 5.80. The van der Waals surface area contributed by atoms with Crippen LogP contribution in [0.25, 0.3) is 10.9 Å². The van der Waals surface area contributed by atoms with Crippen LogP contribution in [-0.4, -0.2) is 15.2 Å². The number of aromatic amines is 2. The Morgan fingerprint density at radius 3 is 2.71 bits per heavy atom. The predicted octanol–water partition coefficient (Wildman–Crippen LogP) is 0.0175. The van der Waals surface area contributed by atoms with Gasteiger partial charge >= 0.3 is 5.69 Å². The molecule has 1 heterocycles. The van der Waals surface area contributed by atoms with E-state index in [2.05, 4.69) is 9.97 Å². The Morgan fingerprint density at radius 1 is 1.21 bits per heavy atom. The Labute approximate surface area is 77.2 Å². The predicted molar refractivity (Wildman–Crippen MR) is 50.6 cm³/mol. The van der Waals surface area contributed by atoms with Gasteiger partial charge in [0, 0.05) is 0 Å². The zero-order chi connectivity index (χ0) is 10.1. The van der Waals surface area contributed by atoms with Crippen molar-refractivity contribution in [1.29, 1.82) is 0 Å². The first-order chi connectivity index (χ1) is 6.70.